The van der Waals surface area contributed by atoms with E-state index in [0.29, 0.717) is 6.29 Å². The van der Waals surface area contributed by atoms with Gasteiger partial charge in [-0.15, -0.1) is 0 Å². The minimum Gasteiger partial charge on any atom is -0.441 e. The molecule has 0 amide bonds. The van der Waals surface area contributed by atoms with Crippen molar-refractivity contribution in [1.82, 2.24) is 4.57 Å². The van der Waals surface area contributed by atoms with Crippen molar-refractivity contribution in [2.24, 2.45) is 0 Å². The van der Waals surface area contributed by atoms with Crippen LogP contribution in [-0.2, 0) is 9.53 Å². The maximum absolute atomic E-state index is 10.8. The minimum atomic E-state index is -0.540. The minimum absolute atomic E-state index is 0.197. The summed E-state index contributed by atoms with van der Waals surface area (Å²) in [6, 6.07) is 3.39. The van der Waals surface area contributed by atoms with E-state index in [1.54, 1.807) is 24.5 Å². The van der Waals surface area contributed by atoms with Crippen molar-refractivity contribution in [2.75, 3.05) is 6.61 Å². The summed E-state index contributed by atoms with van der Waals surface area (Å²) in [5, 5.41) is 0. The highest BCUT2D eigenvalue weighted by Crippen LogP contribution is 1.91. The molecule has 58 valence electrons. The topological polar surface area (TPSA) is 48.3 Å². The van der Waals surface area contributed by atoms with Crippen molar-refractivity contribution < 1.29 is 14.3 Å². The zero-order chi connectivity index (χ0) is 8.10. The van der Waals surface area contributed by atoms with Gasteiger partial charge in [0.2, 0.25) is 0 Å². The second-order valence-electron chi connectivity index (χ2n) is 1.83. The maximum Gasteiger partial charge on any atom is 0.418 e. The van der Waals surface area contributed by atoms with Gasteiger partial charge < -0.3 is 4.74 Å². The Morgan fingerprint density at radius 1 is 1.45 bits per heavy atom. The number of ether oxygens (including phenoxy) is 1. The number of aldehydes is 1. The first kappa shape index (κ1) is 7.53. The predicted molar refractivity (Wildman–Crippen MR) is 37.2 cm³/mol. The van der Waals surface area contributed by atoms with Crippen molar-refractivity contribution in [3.63, 3.8) is 0 Å². The number of rotatable bonds is 2. The van der Waals surface area contributed by atoms with Crippen LogP contribution in [-0.4, -0.2) is 23.6 Å². The molecule has 1 heterocycles. The average molecular weight is 153 g/mol. The smallest absolute Gasteiger partial charge is 0.418 e. The molecule has 0 saturated heterocycles. The van der Waals surface area contributed by atoms with Crippen LogP contribution >= 0.6 is 0 Å². The standard InChI is InChI=1S/C7H7NO3/c9-5-6-11-7(10)8-3-1-2-4-8/h1-5H,6H2. The molecule has 0 saturated carbocycles. The third kappa shape index (κ3) is 1.93. The molecule has 0 unspecified atom stereocenters. The van der Waals surface area contributed by atoms with E-state index in [9.17, 15) is 9.59 Å². The first-order valence-corrected chi connectivity index (χ1v) is 3.08. The van der Waals surface area contributed by atoms with Gasteiger partial charge in [-0.2, -0.15) is 0 Å². The van der Waals surface area contributed by atoms with Gasteiger partial charge in [-0.25, -0.2) is 4.79 Å². The van der Waals surface area contributed by atoms with E-state index < -0.39 is 6.09 Å². The zero-order valence-corrected chi connectivity index (χ0v) is 5.77. The third-order valence-corrected chi connectivity index (χ3v) is 1.09. The SMILES string of the molecule is O=CCOC(=O)n1cccc1. The maximum atomic E-state index is 10.8. The van der Waals surface area contributed by atoms with E-state index in [-0.39, 0.29) is 6.61 Å². The first-order chi connectivity index (χ1) is 5.34. The van der Waals surface area contributed by atoms with E-state index in [2.05, 4.69) is 4.74 Å². The monoisotopic (exact) mass is 153 g/mol. The molecule has 1 aromatic heterocycles. The van der Waals surface area contributed by atoms with Crippen LogP contribution in [0.2, 0.25) is 0 Å². The third-order valence-electron chi connectivity index (χ3n) is 1.09. The molecule has 1 rings (SSSR count). The molecule has 0 N–H and O–H groups in total. The van der Waals surface area contributed by atoms with Crippen LogP contribution in [0.5, 0.6) is 0 Å². The molecule has 0 atom stereocenters. The van der Waals surface area contributed by atoms with Gasteiger partial charge in [0.1, 0.15) is 6.61 Å². The second-order valence-corrected chi connectivity index (χ2v) is 1.83. The first-order valence-electron chi connectivity index (χ1n) is 3.08. The van der Waals surface area contributed by atoms with E-state index in [4.69, 9.17) is 0 Å². The van der Waals surface area contributed by atoms with Crippen molar-refractivity contribution in [3.8, 4) is 0 Å². The van der Waals surface area contributed by atoms with E-state index in [1.807, 2.05) is 0 Å². The van der Waals surface area contributed by atoms with Gasteiger partial charge in [0.25, 0.3) is 0 Å². The van der Waals surface area contributed by atoms with Crippen molar-refractivity contribution in [3.05, 3.63) is 24.5 Å². The zero-order valence-electron chi connectivity index (χ0n) is 5.77. The molecule has 11 heavy (non-hydrogen) atoms. The van der Waals surface area contributed by atoms with Crippen LogP contribution in [0.4, 0.5) is 4.79 Å². The molecule has 0 aliphatic carbocycles. The summed E-state index contributed by atoms with van der Waals surface area (Å²) in [4.78, 5) is 20.6. The Morgan fingerprint density at radius 3 is 2.64 bits per heavy atom. The van der Waals surface area contributed by atoms with E-state index >= 15 is 0 Å². The van der Waals surface area contributed by atoms with Crippen molar-refractivity contribution in [1.29, 1.82) is 0 Å². The van der Waals surface area contributed by atoms with Crippen LogP contribution in [0.25, 0.3) is 0 Å². The number of nitrogens with zero attached hydrogens (tertiary/aromatic N) is 1. The average Bonchev–Trinajstić information content (AvgIpc) is 2.52. The quantitative estimate of drug-likeness (QED) is 0.587. The summed E-state index contributed by atoms with van der Waals surface area (Å²) in [5.74, 6) is 0. The lowest BCUT2D eigenvalue weighted by Gasteiger charge is -1.99. The number of hydrogen-bond acceptors (Lipinski definition) is 3. The van der Waals surface area contributed by atoms with Gasteiger partial charge in [0.05, 0.1) is 0 Å². The van der Waals surface area contributed by atoms with Crippen LogP contribution < -0.4 is 0 Å². The molecule has 0 aromatic carbocycles. The van der Waals surface area contributed by atoms with Crippen LogP contribution in [0.3, 0.4) is 0 Å². The Kier molecular flexibility index (Phi) is 2.43. The van der Waals surface area contributed by atoms with Gasteiger partial charge in [-0.1, -0.05) is 0 Å². The molecule has 1 aromatic rings. The number of hydrogen-bond donors (Lipinski definition) is 0. The van der Waals surface area contributed by atoms with Gasteiger partial charge in [-0.05, 0) is 12.1 Å². The summed E-state index contributed by atoms with van der Waals surface area (Å²) in [6.07, 6.45) is 3.09. The highest BCUT2D eigenvalue weighted by molar-refractivity contribution is 5.72. The largest absolute Gasteiger partial charge is 0.441 e. The van der Waals surface area contributed by atoms with Gasteiger partial charge >= 0.3 is 6.09 Å². The van der Waals surface area contributed by atoms with Gasteiger partial charge in [-0.3, -0.25) is 9.36 Å². The number of aromatic nitrogens is 1. The highest BCUT2D eigenvalue weighted by Gasteiger charge is 2.01. The predicted octanol–water partition coefficient (Wildman–Crippen LogP) is 0.672. The Labute approximate surface area is 63.4 Å². The lowest BCUT2D eigenvalue weighted by atomic mass is 10.7. The summed E-state index contributed by atoms with van der Waals surface area (Å²) in [6.45, 7) is -0.197. The fourth-order valence-corrected chi connectivity index (χ4v) is 0.636. The van der Waals surface area contributed by atoms with Crippen LogP contribution in [0.15, 0.2) is 24.5 Å². The van der Waals surface area contributed by atoms with Crippen LogP contribution in [0.1, 0.15) is 0 Å². The Bertz CT molecular complexity index is 240. The van der Waals surface area contributed by atoms with Crippen molar-refractivity contribution >= 4 is 12.4 Å². The molecular weight excluding hydrogens is 146 g/mol. The molecule has 4 heteroatoms. The molecule has 0 bridgehead atoms. The molecule has 0 fully saturated rings. The normalized spacial score (nSPS) is 9.09. The lowest BCUT2D eigenvalue weighted by Crippen LogP contribution is -2.12. The Hall–Kier alpha value is -1.58. The lowest BCUT2D eigenvalue weighted by molar-refractivity contribution is -0.110. The summed E-state index contributed by atoms with van der Waals surface area (Å²) < 4.78 is 5.74. The van der Waals surface area contributed by atoms with Gasteiger partial charge in [0.15, 0.2) is 6.29 Å². The fourth-order valence-electron chi connectivity index (χ4n) is 0.636. The fraction of sp³-hybridized carbons (Fsp3) is 0.143. The second kappa shape index (κ2) is 3.55. The summed E-state index contributed by atoms with van der Waals surface area (Å²) >= 11 is 0. The molecule has 0 aliphatic rings. The number of carbonyl (C=O) groups is 2. The summed E-state index contributed by atoms with van der Waals surface area (Å²) in [7, 11) is 0. The molecule has 0 spiro atoms. The molecule has 4 nitrogen and oxygen atoms in total. The summed E-state index contributed by atoms with van der Waals surface area (Å²) in [5.41, 5.74) is 0. The Morgan fingerprint density at radius 2 is 2.09 bits per heavy atom. The Balaban J connectivity index is 2.49. The highest BCUT2D eigenvalue weighted by atomic mass is 16.6. The van der Waals surface area contributed by atoms with Gasteiger partial charge in [0, 0.05) is 12.4 Å². The molecule has 0 aliphatic heterocycles. The van der Waals surface area contributed by atoms with Crippen LogP contribution in [0, 0.1) is 0 Å². The van der Waals surface area contributed by atoms with E-state index in [1.165, 1.54) is 4.57 Å². The van der Waals surface area contributed by atoms with E-state index in [0.717, 1.165) is 0 Å². The molecular formula is C7H7NO3. The molecule has 0 radical (unpaired) electrons. The number of carbonyl (C=O) groups excluding carboxylic acids is 2. The van der Waals surface area contributed by atoms with Crippen molar-refractivity contribution in [2.45, 2.75) is 0 Å².